The molecule has 0 fully saturated rings. The molecule has 0 aliphatic heterocycles. The summed E-state index contributed by atoms with van der Waals surface area (Å²) in [7, 11) is 0. The van der Waals surface area contributed by atoms with E-state index in [1.165, 1.54) is 147 Å². The van der Waals surface area contributed by atoms with E-state index in [0.717, 1.165) is 37.6 Å². The van der Waals surface area contributed by atoms with Crippen LogP contribution in [0.5, 0.6) is 11.5 Å². The summed E-state index contributed by atoms with van der Waals surface area (Å²) in [6.07, 6.45) is 33.0. The molecule has 0 heterocycles. The quantitative estimate of drug-likeness (QED) is 0.103. The minimum atomic E-state index is 0.819. The fourth-order valence-electron chi connectivity index (χ4n) is 5.15. The van der Waals surface area contributed by atoms with E-state index in [0.29, 0.717) is 0 Å². The van der Waals surface area contributed by atoms with Gasteiger partial charge in [-0.1, -0.05) is 155 Å². The van der Waals surface area contributed by atoms with E-state index in [1.807, 2.05) is 0 Å². The topological polar surface area (TPSA) is 18.5 Å². The molecule has 0 saturated heterocycles. The van der Waals surface area contributed by atoms with Crippen LogP contribution in [0.4, 0.5) is 0 Å². The molecule has 0 bridgehead atoms. The Morgan fingerprint density at radius 2 is 0.649 bits per heavy atom. The van der Waals surface area contributed by atoms with Crippen LogP contribution in [0.3, 0.4) is 0 Å². The molecule has 2 heteroatoms. The van der Waals surface area contributed by atoms with Gasteiger partial charge in [0.2, 0.25) is 0 Å². The summed E-state index contributed by atoms with van der Waals surface area (Å²) in [6.45, 7) is 8.35. The molecule has 37 heavy (non-hydrogen) atoms. The van der Waals surface area contributed by atoms with Crippen molar-refractivity contribution in [1.29, 1.82) is 0 Å². The molecule has 0 aliphatic rings. The van der Waals surface area contributed by atoms with Crippen molar-refractivity contribution < 1.29 is 9.47 Å². The van der Waals surface area contributed by atoms with Crippen molar-refractivity contribution in [2.75, 3.05) is 13.2 Å². The highest BCUT2D eigenvalue weighted by atomic mass is 16.5. The largest absolute Gasteiger partial charge is 0.493 e. The zero-order valence-electron chi connectivity index (χ0n) is 25.4. The molecule has 216 valence electrons. The average molecular weight is 517 g/mol. The van der Waals surface area contributed by atoms with Crippen molar-refractivity contribution in [2.45, 2.75) is 175 Å². The Labute approximate surface area is 232 Å². The number of unbranched alkanes of at least 4 members (excludes halogenated alkanes) is 22. The lowest BCUT2D eigenvalue weighted by molar-refractivity contribution is 0.289. The monoisotopic (exact) mass is 516 g/mol. The van der Waals surface area contributed by atoms with Gasteiger partial charge in [-0.15, -0.1) is 0 Å². The van der Waals surface area contributed by atoms with Gasteiger partial charge in [-0.25, -0.2) is 0 Å². The van der Waals surface area contributed by atoms with Gasteiger partial charge in [-0.05, 0) is 37.5 Å². The number of ether oxygens (including phenoxy) is 2. The average Bonchev–Trinajstić information content (AvgIpc) is 2.89. The molecule has 1 rings (SSSR count). The fourth-order valence-corrected chi connectivity index (χ4v) is 5.15. The second-order valence-corrected chi connectivity index (χ2v) is 11.5. The van der Waals surface area contributed by atoms with Crippen LogP contribution in [0.25, 0.3) is 0 Å². The van der Waals surface area contributed by atoms with E-state index >= 15 is 0 Å². The number of hydrogen-bond donors (Lipinski definition) is 0. The molecule has 0 unspecified atom stereocenters. The lowest BCUT2D eigenvalue weighted by Gasteiger charge is -2.11. The Balaban J connectivity index is 1.97. The van der Waals surface area contributed by atoms with Crippen LogP contribution in [0.15, 0.2) is 18.2 Å². The minimum absolute atomic E-state index is 0.819. The van der Waals surface area contributed by atoms with E-state index in [1.54, 1.807) is 0 Å². The molecule has 0 spiro atoms. The van der Waals surface area contributed by atoms with Crippen LogP contribution < -0.4 is 9.47 Å². The van der Waals surface area contributed by atoms with E-state index < -0.39 is 0 Å². The molecule has 0 aliphatic carbocycles. The third-order valence-corrected chi connectivity index (χ3v) is 7.56. The van der Waals surface area contributed by atoms with Crippen molar-refractivity contribution in [3.63, 3.8) is 0 Å². The molecule has 0 amide bonds. The van der Waals surface area contributed by atoms with E-state index in [-0.39, 0.29) is 0 Å². The van der Waals surface area contributed by atoms with E-state index in [9.17, 15) is 0 Å². The third-order valence-electron chi connectivity index (χ3n) is 7.56. The normalized spacial score (nSPS) is 11.2. The Morgan fingerprint density at radius 3 is 0.946 bits per heavy atom. The predicted molar refractivity (Wildman–Crippen MR) is 164 cm³/mol. The van der Waals surface area contributed by atoms with E-state index in [4.69, 9.17) is 9.47 Å². The van der Waals surface area contributed by atoms with Crippen molar-refractivity contribution >= 4 is 0 Å². The van der Waals surface area contributed by atoms with Crippen molar-refractivity contribution in [3.05, 3.63) is 23.8 Å². The second-order valence-electron chi connectivity index (χ2n) is 11.5. The first kappa shape index (κ1) is 33.8. The molecule has 2 nitrogen and oxygen atoms in total. The summed E-state index contributed by atoms with van der Waals surface area (Å²) in [5.41, 5.74) is 1.22. The summed E-state index contributed by atoms with van der Waals surface area (Å²) < 4.78 is 12.1. The third kappa shape index (κ3) is 22.5. The van der Waals surface area contributed by atoms with Crippen molar-refractivity contribution in [2.24, 2.45) is 0 Å². The molecular formula is C35H64O2. The van der Waals surface area contributed by atoms with Gasteiger partial charge < -0.3 is 9.47 Å². The first-order chi connectivity index (χ1) is 18.3. The van der Waals surface area contributed by atoms with Crippen LogP contribution >= 0.6 is 0 Å². The highest BCUT2D eigenvalue weighted by Crippen LogP contribution is 2.23. The standard InChI is InChI=1S/C35H64O2/c1-4-6-8-10-12-14-16-18-20-22-24-26-28-36-34-30-33(3)31-35(32-34)37-29-27-25-23-21-19-17-15-13-11-9-7-5-2/h30-32H,4-29H2,1-3H3. The first-order valence-electron chi connectivity index (χ1n) is 16.6. The zero-order valence-corrected chi connectivity index (χ0v) is 25.4. The van der Waals surface area contributed by atoms with Gasteiger partial charge in [-0.2, -0.15) is 0 Å². The van der Waals surface area contributed by atoms with Crippen LogP contribution in [0, 0.1) is 6.92 Å². The lowest BCUT2D eigenvalue weighted by atomic mass is 10.1. The summed E-state index contributed by atoms with van der Waals surface area (Å²) in [6, 6.07) is 6.35. The summed E-state index contributed by atoms with van der Waals surface area (Å²) >= 11 is 0. The van der Waals surface area contributed by atoms with Crippen molar-refractivity contribution in [3.8, 4) is 11.5 Å². The van der Waals surface area contributed by atoms with Gasteiger partial charge in [0.15, 0.2) is 0 Å². The Hall–Kier alpha value is -1.18. The summed E-state index contributed by atoms with van der Waals surface area (Å²) in [5.74, 6) is 1.93. The highest BCUT2D eigenvalue weighted by molar-refractivity contribution is 5.37. The first-order valence-corrected chi connectivity index (χ1v) is 16.6. The smallest absolute Gasteiger partial charge is 0.123 e. The lowest BCUT2D eigenvalue weighted by Crippen LogP contribution is -2.00. The summed E-state index contributed by atoms with van der Waals surface area (Å²) in [5, 5.41) is 0. The molecular weight excluding hydrogens is 452 g/mol. The van der Waals surface area contributed by atoms with Gasteiger partial charge >= 0.3 is 0 Å². The molecule has 0 atom stereocenters. The minimum Gasteiger partial charge on any atom is -0.493 e. The maximum absolute atomic E-state index is 6.06. The SMILES string of the molecule is CCCCCCCCCCCCCCOc1cc(C)cc(OCCCCCCCCCCCCCC)c1. The van der Waals surface area contributed by atoms with Gasteiger partial charge in [-0.3, -0.25) is 0 Å². The Bertz CT molecular complexity index is 549. The number of hydrogen-bond acceptors (Lipinski definition) is 2. The van der Waals surface area contributed by atoms with Gasteiger partial charge in [0.05, 0.1) is 13.2 Å². The zero-order chi connectivity index (χ0) is 26.7. The Kier molecular flexibility index (Phi) is 24.2. The van der Waals surface area contributed by atoms with Gasteiger partial charge in [0.1, 0.15) is 11.5 Å². The molecule has 0 N–H and O–H groups in total. The van der Waals surface area contributed by atoms with E-state index in [2.05, 4.69) is 39.0 Å². The highest BCUT2D eigenvalue weighted by Gasteiger charge is 2.02. The maximum Gasteiger partial charge on any atom is 0.123 e. The van der Waals surface area contributed by atoms with Crippen LogP contribution in [0.2, 0.25) is 0 Å². The number of benzene rings is 1. The van der Waals surface area contributed by atoms with Crippen LogP contribution in [-0.2, 0) is 0 Å². The van der Waals surface area contributed by atoms with Crippen molar-refractivity contribution in [1.82, 2.24) is 0 Å². The Morgan fingerprint density at radius 1 is 0.378 bits per heavy atom. The fraction of sp³-hybridized carbons (Fsp3) is 0.829. The van der Waals surface area contributed by atoms with Gasteiger partial charge in [0, 0.05) is 6.07 Å². The second kappa shape index (κ2) is 26.4. The maximum atomic E-state index is 6.06. The number of aryl methyl sites for hydroxylation is 1. The predicted octanol–water partition coefficient (Wildman–Crippen LogP) is 12.2. The summed E-state index contributed by atoms with van der Waals surface area (Å²) in [4.78, 5) is 0. The molecule has 0 saturated carbocycles. The molecule has 0 radical (unpaired) electrons. The molecule has 1 aromatic rings. The number of rotatable bonds is 28. The van der Waals surface area contributed by atoms with Gasteiger partial charge in [0.25, 0.3) is 0 Å². The molecule has 0 aromatic heterocycles. The van der Waals surface area contributed by atoms with Crippen LogP contribution in [0.1, 0.15) is 174 Å². The molecule has 1 aromatic carbocycles. The van der Waals surface area contributed by atoms with Crippen LogP contribution in [-0.4, -0.2) is 13.2 Å².